The van der Waals surface area contributed by atoms with Gasteiger partial charge < -0.3 is 31.7 Å². The van der Waals surface area contributed by atoms with Crippen LogP contribution in [0.4, 0.5) is 11.4 Å². The maximum absolute atomic E-state index is 9.69. The summed E-state index contributed by atoms with van der Waals surface area (Å²) in [5.41, 5.74) is 7.43. The van der Waals surface area contributed by atoms with Gasteiger partial charge >= 0.3 is 0 Å². The third-order valence-electron chi connectivity index (χ3n) is 3.15. The normalized spacial score (nSPS) is 25.1. The smallest absolute Gasteiger partial charge is 0.104 e. The van der Waals surface area contributed by atoms with E-state index in [-0.39, 0.29) is 12.6 Å². The molecule has 0 bridgehead atoms. The summed E-state index contributed by atoms with van der Waals surface area (Å²) >= 11 is 0. The van der Waals surface area contributed by atoms with E-state index < -0.39 is 12.2 Å². The average molecular weight is 253 g/mol. The molecule has 1 heterocycles. The quantitative estimate of drug-likeness (QED) is 0.386. The molecule has 0 radical (unpaired) electrons. The highest BCUT2D eigenvalue weighted by Gasteiger charge is 2.24. The highest BCUT2D eigenvalue weighted by molar-refractivity contribution is 5.58. The van der Waals surface area contributed by atoms with E-state index in [0.29, 0.717) is 24.3 Å². The van der Waals surface area contributed by atoms with Gasteiger partial charge in [0.05, 0.1) is 18.8 Å². The Morgan fingerprint density at radius 1 is 1.44 bits per heavy atom. The first-order valence-electron chi connectivity index (χ1n) is 5.95. The Morgan fingerprint density at radius 3 is 2.83 bits per heavy atom. The van der Waals surface area contributed by atoms with Crippen LogP contribution in [-0.2, 0) is 0 Å². The number of nitrogen functional groups attached to an aromatic ring is 1. The van der Waals surface area contributed by atoms with Gasteiger partial charge in [-0.2, -0.15) is 0 Å². The highest BCUT2D eigenvalue weighted by Crippen LogP contribution is 2.24. The zero-order valence-corrected chi connectivity index (χ0v) is 10.0. The van der Waals surface area contributed by atoms with Crippen LogP contribution in [0.25, 0.3) is 0 Å². The van der Waals surface area contributed by atoms with Crippen LogP contribution >= 0.6 is 0 Å². The van der Waals surface area contributed by atoms with Crippen molar-refractivity contribution in [1.82, 2.24) is 5.32 Å². The summed E-state index contributed by atoms with van der Waals surface area (Å²) < 4.78 is 0. The van der Waals surface area contributed by atoms with Gasteiger partial charge in [0.1, 0.15) is 6.10 Å². The monoisotopic (exact) mass is 253 g/mol. The summed E-state index contributed by atoms with van der Waals surface area (Å²) in [6.07, 6.45) is -1.42. The van der Waals surface area contributed by atoms with Crippen LogP contribution in [0.15, 0.2) is 18.2 Å². The van der Waals surface area contributed by atoms with E-state index in [9.17, 15) is 10.2 Å². The van der Waals surface area contributed by atoms with E-state index in [2.05, 4.69) is 10.6 Å². The maximum atomic E-state index is 9.69. The molecule has 1 fully saturated rings. The predicted molar refractivity (Wildman–Crippen MR) is 69.2 cm³/mol. The number of nitrogens with two attached hydrogens (primary N) is 1. The second-order valence-electron chi connectivity index (χ2n) is 4.52. The van der Waals surface area contributed by atoms with Gasteiger partial charge in [-0.15, -0.1) is 0 Å². The van der Waals surface area contributed by atoms with Crippen molar-refractivity contribution in [3.63, 3.8) is 0 Å². The summed E-state index contributed by atoms with van der Waals surface area (Å²) in [6, 6.07) is 5.09. The van der Waals surface area contributed by atoms with E-state index in [0.717, 1.165) is 5.69 Å². The lowest BCUT2D eigenvalue weighted by atomic mass is 10.1. The van der Waals surface area contributed by atoms with Gasteiger partial charge in [0.15, 0.2) is 0 Å². The maximum Gasteiger partial charge on any atom is 0.104 e. The standard InChI is InChI=1S/C12H19N3O3/c13-9-2-1-7(3-8(9)12(18)6-16)15-10-4-14-5-11(10)17/h1-3,10-12,14-18H,4-6,13H2. The van der Waals surface area contributed by atoms with Crippen molar-refractivity contribution in [1.29, 1.82) is 0 Å². The van der Waals surface area contributed by atoms with E-state index >= 15 is 0 Å². The summed E-state index contributed by atoms with van der Waals surface area (Å²) in [5, 5.41) is 34.5. The molecular formula is C12H19N3O3. The lowest BCUT2D eigenvalue weighted by molar-refractivity contribution is 0.0962. The molecule has 6 nitrogen and oxygen atoms in total. The molecule has 3 unspecified atom stereocenters. The second-order valence-corrected chi connectivity index (χ2v) is 4.52. The van der Waals surface area contributed by atoms with E-state index in [4.69, 9.17) is 10.8 Å². The molecule has 1 aromatic carbocycles. The molecular weight excluding hydrogens is 234 g/mol. The lowest BCUT2D eigenvalue weighted by Gasteiger charge is -2.19. The van der Waals surface area contributed by atoms with Crippen molar-refractivity contribution < 1.29 is 15.3 Å². The number of hydrogen-bond donors (Lipinski definition) is 6. The van der Waals surface area contributed by atoms with Crippen LogP contribution in [0.3, 0.4) is 0 Å². The number of anilines is 2. The molecule has 0 aromatic heterocycles. The first-order valence-corrected chi connectivity index (χ1v) is 5.95. The molecule has 0 spiro atoms. The van der Waals surface area contributed by atoms with Crippen LogP contribution in [0.2, 0.25) is 0 Å². The topological polar surface area (TPSA) is 111 Å². The molecule has 100 valence electrons. The largest absolute Gasteiger partial charge is 0.398 e. The van der Waals surface area contributed by atoms with Crippen LogP contribution in [0.1, 0.15) is 11.7 Å². The van der Waals surface area contributed by atoms with Gasteiger partial charge in [-0.1, -0.05) is 0 Å². The van der Waals surface area contributed by atoms with Crippen LogP contribution in [0.5, 0.6) is 0 Å². The summed E-state index contributed by atoms with van der Waals surface area (Å²) in [7, 11) is 0. The number of rotatable bonds is 4. The fraction of sp³-hybridized carbons (Fsp3) is 0.500. The summed E-state index contributed by atoms with van der Waals surface area (Å²) in [4.78, 5) is 0. The zero-order valence-electron chi connectivity index (χ0n) is 10.0. The molecule has 1 aliphatic heterocycles. The van der Waals surface area contributed by atoms with Gasteiger partial charge in [-0.05, 0) is 18.2 Å². The molecule has 18 heavy (non-hydrogen) atoms. The summed E-state index contributed by atoms with van der Waals surface area (Å²) in [5.74, 6) is 0. The number of aliphatic hydroxyl groups is 3. The van der Waals surface area contributed by atoms with Crippen molar-refractivity contribution in [2.24, 2.45) is 0 Å². The first kappa shape index (κ1) is 13.1. The first-order chi connectivity index (χ1) is 8.61. The van der Waals surface area contributed by atoms with Gasteiger partial charge in [-0.3, -0.25) is 0 Å². The third-order valence-corrected chi connectivity index (χ3v) is 3.15. The molecule has 7 N–H and O–H groups in total. The van der Waals surface area contributed by atoms with Gasteiger partial charge in [0.2, 0.25) is 0 Å². The predicted octanol–water partition coefficient (Wildman–Crippen LogP) is -0.961. The van der Waals surface area contributed by atoms with Gasteiger partial charge in [0, 0.05) is 30.0 Å². The zero-order chi connectivity index (χ0) is 13.1. The van der Waals surface area contributed by atoms with Crippen molar-refractivity contribution in [3.8, 4) is 0 Å². The molecule has 1 saturated heterocycles. The Balaban J connectivity index is 2.14. The molecule has 2 rings (SSSR count). The minimum Gasteiger partial charge on any atom is -0.398 e. The van der Waals surface area contributed by atoms with Crippen LogP contribution < -0.4 is 16.4 Å². The number of benzene rings is 1. The Hall–Kier alpha value is -1.34. The summed E-state index contributed by atoms with van der Waals surface area (Å²) in [6.45, 7) is 0.878. The Labute approximate surface area is 105 Å². The molecule has 1 aliphatic rings. The van der Waals surface area contributed by atoms with Crippen molar-refractivity contribution in [2.45, 2.75) is 18.2 Å². The van der Waals surface area contributed by atoms with Crippen molar-refractivity contribution in [3.05, 3.63) is 23.8 Å². The fourth-order valence-electron chi connectivity index (χ4n) is 2.08. The Kier molecular flexibility index (Phi) is 4.03. The molecule has 0 aliphatic carbocycles. The number of aliphatic hydroxyl groups excluding tert-OH is 3. The van der Waals surface area contributed by atoms with Crippen LogP contribution in [0, 0.1) is 0 Å². The highest BCUT2D eigenvalue weighted by atomic mass is 16.3. The Bertz CT molecular complexity index is 414. The minimum atomic E-state index is -0.988. The Morgan fingerprint density at radius 2 is 2.22 bits per heavy atom. The van der Waals surface area contributed by atoms with Gasteiger partial charge in [0.25, 0.3) is 0 Å². The number of hydrogen-bond acceptors (Lipinski definition) is 6. The number of β-amino-alcohol motifs (C(OH)–C–C–N with tert-alkyl or cyclic N) is 1. The van der Waals surface area contributed by atoms with E-state index in [1.54, 1.807) is 18.2 Å². The minimum absolute atomic E-state index is 0.0623. The fourth-order valence-corrected chi connectivity index (χ4v) is 2.08. The van der Waals surface area contributed by atoms with Crippen LogP contribution in [-0.4, -0.2) is 47.2 Å². The lowest BCUT2D eigenvalue weighted by Crippen LogP contribution is -2.32. The molecule has 3 atom stereocenters. The SMILES string of the molecule is Nc1ccc(NC2CNCC2O)cc1C(O)CO. The average Bonchev–Trinajstić information content (AvgIpc) is 2.76. The van der Waals surface area contributed by atoms with E-state index in [1.165, 1.54) is 0 Å². The third kappa shape index (κ3) is 2.73. The van der Waals surface area contributed by atoms with E-state index in [1.807, 2.05) is 0 Å². The number of nitrogens with one attached hydrogen (secondary N) is 2. The molecule has 1 aromatic rings. The second kappa shape index (κ2) is 5.53. The van der Waals surface area contributed by atoms with Gasteiger partial charge in [-0.25, -0.2) is 0 Å². The van der Waals surface area contributed by atoms with Crippen molar-refractivity contribution >= 4 is 11.4 Å². The van der Waals surface area contributed by atoms with Crippen molar-refractivity contribution in [2.75, 3.05) is 30.7 Å². The molecule has 6 heteroatoms. The molecule has 0 amide bonds. The molecule has 0 saturated carbocycles.